The number of ether oxygens (including phenoxy) is 1. The van der Waals surface area contributed by atoms with Crippen molar-refractivity contribution in [3.8, 4) is 11.5 Å². The smallest absolute Gasteiger partial charge is 0.349 e. The third-order valence-electron chi connectivity index (χ3n) is 4.91. The molecule has 1 aliphatic rings. The summed E-state index contributed by atoms with van der Waals surface area (Å²) in [6.07, 6.45) is 1.60. The number of amides is 1. The van der Waals surface area contributed by atoms with Crippen LogP contribution in [-0.4, -0.2) is 29.3 Å². The monoisotopic (exact) mass is 395 g/mol. The number of hydrogen-bond donors (Lipinski definition) is 1. The van der Waals surface area contributed by atoms with E-state index >= 15 is 0 Å². The van der Waals surface area contributed by atoms with E-state index < -0.39 is 11.5 Å². The van der Waals surface area contributed by atoms with Crippen LogP contribution in [0.1, 0.15) is 46.3 Å². The third-order valence-corrected chi connectivity index (χ3v) is 4.91. The van der Waals surface area contributed by atoms with E-state index in [-0.39, 0.29) is 23.9 Å². The van der Waals surface area contributed by atoms with Gasteiger partial charge in [0, 0.05) is 24.7 Å². The fourth-order valence-electron chi connectivity index (χ4n) is 3.36. The summed E-state index contributed by atoms with van der Waals surface area (Å²) in [5, 5.41) is 10.6. The first kappa shape index (κ1) is 19.1. The number of aryl methyl sites for hydroxylation is 1. The zero-order valence-electron chi connectivity index (χ0n) is 16.0. The van der Waals surface area contributed by atoms with E-state index in [2.05, 4.69) is 15.5 Å². The molecule has 1 fully saturated rings. The number of hydrogen-bond acceptors (Lipinski definition) is 7. The van der Waals surface area contributed by atoms with E-state index in [0.717, 1.165) is 18.4 Å². The van der Waals surface area contributed by atoms with Crippen molar-refractivity contribution in [1.29, 1.82) is 0 Å². The van der Waals surface area contributed by atoms with E-state index in [1.54, 1.807) is 13.0 Å². The van der Waals surface area contributed by atoms with Gasteiger partial charge in [-0.05, 0) is 43.5 Å². The molecule has 2 aromatic heterocycles. The Bertz CT molecular complexity index is 1050. The van der Waals surface area contributed by atoms with Gasteiger partial charge >= 0.3 is 5.63 Å². The molecule has 0 atom stereocenters. The predicted octanol–water partition coefficient (Wildman–Crippen LogP) is 2.82. The highest BCUT2D eigenvalue weighted by atomic mass is 16.5. The fraction of sp³-hybridized carbons (Fsp3) is 0.333. The molecule has 0 saturated carbocycles. The first-order chi connectivity index (χ1) is 14.1. The maximum Gasteiger partial charge on any atom is 0.349 e. The molecule has 1 aliphatic heterocycles. The summed E-state index contributed by atoms with van der Waals surface area (Å²) in [6, 6.07) is 11.1. The highest BCUT2D eigenvalue weighted by molar-refractivity contribution is 5.95. The topological polar surface area (TPSA) is 107 Å². The average Bonchev–Trinajstić information content (AvgIpc) is 3.22. The Kier molecular flexibility index (Phi) is 5.53. The zero-order valence-corrected chi connectivity index (χ0v) is 16.0. The maximum atomic E-state index is 12.5. The minimum atomic E-state index is -0.639. The molecule has 150 valence electrons. The molecule has 0 bridgehead atoms. The molecule has 1 N–H and O–H groups in total. The molecular weight excluding hydrogens is 374 g/mol. The molecule has 0 radical (unpaired) electrons. The minimum absolute atomic E-state index is 0.0105. The second-order valence-electron chi connectivity index (χ2n) is 6.93. The molecule has 29 heavy (non-hydrogen) atoms. The van der Waals surface area contributed by atoms with Crippen LogP contribution in [0.3, 0.4) is 0 Å². The number of rotatable bonds is 5. The first-order valence-corrected chi connectivity index (χ1v) is 9.50. The van der Waals surface area contributed by atoms with Crippen LogP contribution < -0.4 is 10.9 Å². The van der Waals surface area contributed by atoms with Crippen molar-refractivity contribution in [1.82, 2.24) is 15.5 Å². The fourth-order valence-corrected chi connectivity index (χ4v) is 3.36. The number of carbonyl (C=O) groups is 1. The van der Waals surface area contributed by atoms with Gasteiger partial charge in [-0.25, -0.2) is 4.79 Å². The van der Waals surface area contributed by atoms with Gasteiger partial charge in [-0.2, -0.15) is 0 Å². The molecule has 3 heterocycles. The molecule has 1 amide bonds. The maximum absolute atomic E-state index is 12.5. The van der Waals surface area contributed by atoms with Crippen molar-refractivity contribution in [2.75, 3.05) is 13.2 Å². The van der Waals surface area contributed by atoms with Crippen molar-refractivity contribution in [3.63, 3.8) is 0 Å². The highest BCUT2D eigenvalue weighted by Crippen LogP contribution is 2.27. The molecular formula is C21H21N3O5. The van der Waals surface area contributed by atoms with Crippen LogP contribution in [-0.2, 0) is 11.3 Å². The first-order valence-electron chi connectivity index (χ1n) is 9.50. The van der Waals surface area contributed by atoms with Gasteiger partial charge in [-0.3, -0.25) is 4.79 Å². The molecule has 0 unspecified atom stereocenters. The van der Waals surface area contributed by atoms with Crippen LogP contribution in [0, 0.1) is 6.92 Å². The lowest BCUT2D eigenvalue weighted by atomic mass is 9.95. The summed E-state index contributed by atoms with van der Waals surface area (Å²) in [4.78, 5) is 25.0. The number of aromatic nitrogens is 2. The van der Waals surface area contributed by atoms with Gasteiger partial charge in [0.2, 0.25) is 11.8 Å². The number of carbonyl (C=O) groups excluding carboxylic acids is 1. The second kappa shape index (κ2) is 8.40. The van der Waals surface area contributed by atoms with Gasteiger partial charge in [-0.15, -0.1) is 10.2 Å². The van der Waals surface area contributed by atoms with Crippen molar-refractivity contribution >= 4 is 5.91 Å². The molecule has 1 aromatic carbocycles. The lowest BCUT2D eigenvalue weighted by Gasteiger charge is -2.21. The summed E-state index contributed by atoms with van der Waals surface area (Å²) in [7, 11) is 0. The molecule has 8 nitrogen and oxygen atoms in total. The summed E-state index contributed by atoms with van der Waals surface area (Å²) in [5.41, 5.74) is 0.719. The molecule has 0 aliphatic carbocycles. The Hall–Kier alpha value is -3.26. The Morgan fingerprint density at radius 2 is 1.90 bits per heavy atom. The molecule has 0 spiro atoms. The quantitative estimate of drug-likeness (QED) is 0.708. The Labute approximate surface area is 166 Å². The Morgan fingerprint density at radius 1 is 1.14 bits per heavy atom. The summed E-state index contributed by atoms with van der Waals surface area (Å²) >= 11 is 0. The lowest BCUT2D eigenvalue weighted by molar-refractivity contribution is 0.0795. The van der Waals surface area contributed by atoms with E-state index in [1.807, 2.05) is 30.3 Å². The Balaban J connectivity index is 1.45. The second-order valence-corrected chi connectivity index (χ2v) is 6.93. The highest BCUT2D eigenvalue weighted by Gasteiger charge is 2.23. The SMILES string of the molecule is Cc1cc(C2CCOCC2)oc(=O)c1C(=O)NCc1nnc(-c2ccccc2)o1. The number of benzene rings is 1. The third kappa shape index (κ3) is 4.27. The normalized spacial score (nSPS) is 14.7. The van der Waals surface area contributed by atoms with E-state index in [4.69, 9.17) is 13.6 Å². The number of nitrogens with one attached hydrogen (secondary N) is 1. The standard InChI is InChI=1S/C21H21N3O5/c1-13-11-16(14-7-9-27-10-8-14)28-21(26)18(13)19(25)22-12-17-23-24-20(29-17)15-5-3-2-4-6-15/h2-6,11,14H,7-10,12H2,1H3,(H,22,25). The van der Waals surface area contributed by atoms with E-state index in [1.165, 1.54) is 0 Å². The zero-order chi connectivity index (χ0) is 20.2. The van der Waals surface area contributed by atoms with Crippen molar-refractivity contribution in [2.24, 2.45) is 0 Å². The van der Waals surface area contributed by atoms with Crippen molar-refractivity contribution in [3.05, 3.63) is 69.6 Å². The summed E-state index contributed by atoms with van der Waals surface area (Å²) in [5.74, 6) is 0.831. The van der Waals surface area contributed by atoms with Gasteiger partial charge < -0.3 is 18.9 Å². The van der Waals surface area contributed by atoms with Gasteiger partial charge in [0.05, 0.1) is 6.54 Å². The van der Waals surface area contributed by atoms with Crippen LogP contribution in [0.2, 0.25) is 0 Å². The van der Waals surface area contributed by atoms with Crippen LogP contribution in [0.15, 0.2) is 50.0 Å². The van der Waals surface area contributed by atoms with Crippen LogP contribution in [0.4, 0.5) is 0 Å². The van der Waals surface area contributed by atoms with Crippen molar-refractivity contribution < 1.29 is 18.4 Å². The van der Waals surface area contributed by atoms with Gasteiger partial charge in [0.1, 0.15) is 11.3 Å². The lowest BCUT2D eigenvalue weighted by Crippen LogP contribution is -2.29. The minimum Gasteiger partial charge on any atom is -0.427 e. The average molecular weight is 395 g/mol. The van der Waals surface area contributed by atoms with Gasteiger partial charge in [-0.1, -0.05) is 18.2 Å². The van der Waals surface area contributed by atoms with Gasteiger partial charge in [0.15, 0.2) is 0 Å². The summed E-state index contributed by atoms with van der Waals surface area (Å²) in [6.45, 7) is 3.03. The molecule has 4 rings (SSSR count). The van der Waals surface area contributed by atoms with E-state index in [9.17, 15) is 9.59 Å². The van der Waals surface area contributed by atoms with Crippen molar-refractivity contribution in [2.45, 2.75) is 32.2 Å². The molecule has 8 heteroatoms. The van der Waals surface area contributed by atoms with Crippen LogP contribution in [0.25, 0.3) is 11.5 Å². The number of nitrogens with zero attached hydrogens (tertiary/aromatic N) is 2. The molecule has 1 saturated heterocycles. The predicted molar refractivity (Wildman–Crippen MR) is 103 cm³/mol. The summed E-state index contributed by atoms with van der Waals surface area (Å²) < 4.78 is 16.3. The van der Waals surface area contributed by atoms with Gasteiger partial charge in [0.25, 0.3) is 5.91 Å². The largest absolute Gasteiger partial charge is 0.427 e. The van der Waals surface area contributed by atoms with E-state index in [0.29, 0.717) is 30.4 Å². The van der Waals surface area contributed by atoms with Crippen LogP contribution in [0.5, 0.6) is 0 Å². The molecule has 3 aromatic rings. The van der Waals surface area contributed by atoms with Crippen LogP contribution >= 0.6 is 0 Å². The Morgan fingerprint density at radius 3 is 2.62 bits per heavy atom.